The zero-order chi connectivity index (χ0) is 12.1. The maximum absolute atomic E-state index is 10.5. The largest absolute Gasteiger partial charge is 0.350 e. The predicted molar refractivity (Wildman–Crippen MR) is 64.3 cm³/mol. The van der Waals surface area contributed by atoms with Crippen molar-refractivity contribution in [1.82, 2.24) is 15.6 Å². The summed E-state index contributed by atoms with van der Waals surface area (Å²) in [7, 11) is 0. The fraction of sp³-hybridized carbons (Fsp3) is 0. The minimum Gasteiger partial charge on any atom is -0.350 e. The average Bonchev–Trinajstić information content (AvgIpc) is 2.78. The first-order valence-corrected chi connectivity index (χ1v) is 4.94. The normalized spacial score (nSPS) is 10.6. The summed E-state index contributed by atoms with van der Waals surface area (Å²) in [5, 5.41) is 10.5. The van der Waals surface area contributed by atoms with Gasteiger partial charge in [0.15, 0.2) is 0 Å². The molecule has 6 nitrogen and oxygen atoms in total. The molecular formula is C11H11N5O. The van der Waals surface area contributed by atoms with Crippen LogP contribution in [0.5, 0.6) is 0 Å². The van der Waals surface area contributed by atoms with Crippen molar-refractivity contribution in [1.29, 1.82) is 0 Å². The molecule has 1 aromatic heterocycles. The Morgan fingerprint density at radius 3 is 2.88 bits per heavy atom. The number of H-pyrrole nitrogens is 1. The molecule has 1 heterocycles. The molecule has 0 saturated carbocycles. The molecule has 17 heavy (non-hydrogen) atoms. The lowest BCUT2D eigenvalue weighted by molar-refractivity contribution is 0.249. The first-order chi connectivity index (χ1) is 8.27. The molecule has 0 aliphatic carbocycles. The number of carbonyl (C=O) groups excluding carboxylic acids is 1. The molecule has 0 atom stereocenters. The van der Waals surface area contributed by atoms with Crippen LogP contribution in [0.4, 0.5) is 4.79 Å². The van der Waals surface area contributed by atoms with E-state index in [1.54, 1.807) is 6.20 Å². The molecule has 2 amide bonds. The van der Waals surface area contributed by atoms with Crippen molar-refractivity contribution in [2.75, 3.05) is 0 Å². The summed E-state index contributed by atoms with van der Waals surface area (Å²) >= 11 is 0. The second-order valence-corrected chi connectivity index (χ2v) is 3.30. The van der Waals surface area contributed by atoms with Gasteiger partial charge in [-0.3, -0.25) is 5.10 Å². The second kappa shape index (κ2) is 4.93. The Kier molecular flexibility index (Phi) is 3.15. The molecule has 1 aromatic carbocycles. The third-order valence-electron chi connectivity index (χ3n) is 2.11. The topological polar surface area (TPSA) is 96.2 Å². The summed E-state index contributed by atoms with van der Waals surface area (Å²) in [6, 6.07) is 8.99. The summed E-state index contributed by atoms with van der Waals surface area (Å²) in [6.45, 7) is 0. The number of amides is 2. The molecule has 86 valence electrons. The first kappa shape index (κ1) is 10.9. The van der Waals surface area contributed by atoms with Crippen LogP contribution in [0.2, 0.25) is 0 Å². The van der Waals surface area contributed by atoms with E-state index in [1.807, 2.05) is 30.3 Å². The standard InChI is InChI=1S/C11H11N5O/c12-11(17)16-14-7-9-6-13-15-10(9)8-4-2-1-3-5-8/h1-7H,(H,13,15)(H3,12,16,17)/b14-7+. The van der Waals surface area contributed by atoms with Crippen LogP contribution in [0.1, 0.15) is 5.56 Å². The number of nitrogens with one attached hydrogen (secondary N) is 2. The van der Waals surface area contributed by atoms with Crippen molar-refractivity contribution in [3.8, 4) is 11.3 Å². The fourth-order valence-corrected chi connectivity index (χ4v) is 1.39. The van der Waals surface area contributed by atoms with Crippen molar-refractivity contribution in [2.45, 2.75) is 0 Å². The summed E-state index contributed by atoms with van der Waals surface area (Å²) in [5.74, 6) is 0. The van der Waals surface area contributed by atoms with Crippen LogP contribution >= 0.6 is 0 Å². The molecule has 0 unspecified atom stereocenters. The van der Waals surface area contributed by atoms with E-state index in [0.717, 1.165) is 16.8 Å². The number of aromatic amines is 1. The van der Waals surface area contributed by atoms with Gasteiger partial charge in [-0.2, -0.15) is 10.2 Å². The van der Waals surface area contributed by atoms with Gasteiger partial charge in [0.25, 0.3) is 0 Å². The molecule has 6 heteroatoms. The van der Waals surface area contributed by atoms with Crippen LogP contribution < -0.4 is 11.2 Å². The number of nitrogens with zero attached hydrogens (tertiary/aromatic N) is 2. The van der Waals surface area contributed by atoms with Crippen LogP contribution in [-0.2, 0) is 0 Å². The Morgan fingerprint density at radius 1 is 1.41 bits per heavy atom. The minimum absolute atomic E-state index is 0.703. The van der Waals surface area contributed by atoms with Gasteiger partial charge in [0, 0.05) is 11.1 Å². The molecule has 0 fully saturated rings. The molecule has 2 aromatic rings. The third kappa shape index (κ3) is 2.69. The van der Waals surface area contributed by atoms with E-state index in [0.29, 0.717) is 0 Å². The fourth-order valence-electron chi connectivity index (χ4n) is 1.39. The molecule has 4 N–H and O–H groups in total. The molecule has 0 aliphatic heterocycles. The van der Waals surface area contributed by atoms with Crippen molar-refractivity contribution in [2.24, 2.45) is 10.8 Å². The molecule has 0 spiro atoms. The predicted octanol–water partition coefficient (Wildman–Crippen LogP) is 1.08. The van der Waals surface area contributed by atoms with Crippen LogP contribution in [0.15, 0.2) is 41.6 Å². The van der Waals surface area contributed by atoms with Gasteiger partial charge in [0.1, 0.15) is 0 Å². The lowest BCUT2D eigenvalue weighted by Gasteiger charge is -1.98. The minimum atomic E-state index is -0.703. The average molecular weight is 229 g/mol. The lowest BCUT2D eigenvalue weighted by Crippen LogP contribution is -2.24. The van der Waals surface area contributed by atoms with Crippen molar-refractivity contribution >= 4 is 12.2 Å². The number of primary amides is 1. The number of hydrogen-bond acceptors (Lipinski definition) is 3. The van der Waals surface area contributed by atoms with Crippen LogP contribution in [0.25, 0.3) is 11.3 Å². The maximum Gasteiger partial charge on any atom is 0.332 e. The smallest absolute Gasteiger partial charge is 0.332 e. The summed E-state index contributed by atoms with van der Waals surface area (Å²) in [5.41, 5.74) is 9.62. The number of aromatic nitrogens is 2. The molecular weight excluding hydrogens is 218 g/mol. The zero-order valence-electron chi connectivity index (χ0n) is 8.92. The number of benzene rings is 1. The van der Waals surface area contributed by atoms with E-state index in [4.69, 9.17) is 5.73 Å². The Morgan fingerprint density at radius 2 is 2.18 bits per heavy atom. The van der Waals surface area contributed by atoms with Crippen molar-refractivity contribution < 1.29 is 4.79 Å². The van der Waals surface area contributed by atoms with Crippen molar-refractivity contribution in [3.63, 3.8) is 0 Å². The number of hydrazone groups is 1. The number of rotatable bonds is 3. The molecule has 0 bridgehead atoms. The van der Waals surface area contributed by atoms with Gasteiger partial charge in [-0.05, 0) is 0 Å². The third-order valence-corrected chi connectivity index (χ3v) is 2.11. The number of carbonyl (C=O) groups is 1. The van der Waals surface area contributed by atoms with Gasteiger partial charge < -0.3 is 5.73 Å². The SMILES string of the molecule is NC(=O)N/N=C/c1cn[nH]c1-c1ccccc1. The van der Waals surface area contributed by atoms with Gasteiger partial charge in [0.2, 0.25) is 0 Å². The molecule has 0 radical (unpaired) electrons. The van der Waals surface area contributed by atoms with E-state index >= 15 is 0 Å². The summed E-state index contributed by atoms with van der Waals surface area (Å²) in [4.78, 5) is 10.5. The second-order valence-electron chi connectivity index (χ2n) is 3.30. The molecule has 0 saturated heterocycles. The monoisotopic (exact) mass is 229 g/mol. The van der Waals surface area contributed by atoms with Gasteiger partial charge >= 0.3 is 6.03 Å². The Balaban J connectivity index is 2.23. The van der Waals surface area contributed by atoms with E-state index < -0.39 is 6.03 Å². The highest BCUT2D eigenvalue weighted by Gasteiger charge is 2.04. The van der Waals surface area contributed by atoms with Gasteiger partial charge in [-0.15, -0.1) is 0 Å². The zero-order valence-corrected chi connectivity index (χ0v) is 8.92. The van der Waals surface area contributed by atoms with E-state index in [-0.39, 0.29) is 0 Å². The summed E-state index contributed by atoms with van der Waals surface area (Å²) < 4.78 is 0. The number of urea groups is 1. The highest BCUT2D eigenvalue weighted by Crippen LogP contribution is 2.18. The van der Waals surface area contributed by atoms with Crippen LogP contribution in [0.3, 0.4) is 0 Å². The van der Waals surface area contributed by atoms with Crippen LogP contribution in [0, 0.1) is 0 Å². The van der Waals surface area contributed by atoms with Gasteiger partial charge in [0.05, 0.1) is 18.1 Å². The Labute approximate surface area is 97.5 Å². The van der Waals surface area contributed by atoms with Crippen LogP contribution in [-0.4, -0.2) is 22.4 Å². The molecule has 2 rings (SSSR count). The highest BCUT2D eigenvalue weighted by atomic mass is 16.2. The highest BCUT2D eigenvalue weighted by molar-refractivity contribution is 5.89. The number of nitrogens with two attached hydrogens (primary N) is 1. The van der Waals surface area contributed by atoms with E-state index in [2.05, 4.69) is 20.7 Å². The quantitative estimate of drug-likeness (QED) is 0.542. The van der Waals surface area contributed by atoms with Gasteiger partial charge in [-0.25, -0.2) is 10.2 Å². The van der Waals surface area contributed by atoms with E-state index in [1.165, 1.54) is 6.21 Å². The Hall–Kier alpha value is -2.63. The first-order valence-electron chi connectivity index (χ1n) is 4.94. The lowest BCUT2D eigenvalue weighted by atomic mass is 10.1. The maximum atomic E-state index is 10.5. The van der Waals surface area contributed by atoms with E-state index in [9.17, 15) is 4.79 Å². The number of hydrogen-bond donors (Lipinski definition) is 3. The molecule has 0 aliphatic rings. The summed E-state index contributed by atoms with van der Waals surface area (Å²) in [6.07, 6.45) is 3.10. The van der Waals surface area contributed by atoms with Crippen molar-refractivity contribution in [3.05, 3.63) is 42.1 Å². The van der Waals surface area contributed by atoms with Gasteiger partial charge in [-0.1, -0.05) is 30.3 Å². The Bertz CT molecular complexity index is 532.